The maximum atomic E-state index is 12.4. The van der Waals surface area contributed by atoms with Crippen LogP contribution in [-0.4, -0.2) is 23.8 Å². The monoisotopic (exact) mass is 331 g/mol. The second-order valence-corrected chi connectivity index (χ2v) is 7.12. The number of nitrogens with zero attached hydrogens (tertiary/aromatic N) is 1. The fraction of sp³-hybridized carbons (Fsp3) is 0.650. The molecule has 1 saturated heterocycles. The minimum absolute atomic E-state index is 0.000809. The number of carbonyl (C=O) groups is 2. The van der Waals surface area contributed by atoms with Crippen LogP contribution in [0.5, 0.6) is 0 Å². The van der Waals surface area contributed by atoms with E-state index < -0.39 is 5.60 Å². The van der Waals surface area contributed by atoms with Crippen LogP contribution >= 0.6 is 0 Å². The van der Waals surface area contributed by atoms with Gasteiger partial charge in [0, 0.05) is 24.8 Å². The van der Waals surface area contributed by atoms with Gasteiger partial charge in [-0.05, 0) is 52.0 Å². The predicted octanol–water partition coefficient (Wildman–Crippen LogP) is 4.31. The van der Waals surface area contributed by atoms with Crippen molar-refractivity contribution in [2.75, 3.05) is 6.61 Å². The molecule has 0 saturated carbocycles. The predicted molar refractivity (Wildman–Crippen MR) is 94.4 cm³/mol. The minimum atomic E-state index is -0.798. The Balaban J connectivity index is 2.52. The third kappa shape index (κ3) is 6.41. The largest absolute Gasteiger partial charge is 0.363 e. The lowest BCUT2D eigenvalue weighted by Gasteiger charge is -2.27. The second-order valence-electron chi connectivity index (χ2n) is 7.12. The van der Waals surface area contributed by atoms with E-state index in [9.17, 15) is 9.59 Å². The van der Waals surface area contributed by atoms with E-state index >= 15 is 0 Å². The molecule has 1 rings (SSSR count). The van der Waals surface area contributed by atoms with Crippen LogP contribution < -0.4 is 0 Å². The molecule has 1 aliphatic rings. The van der Waals surface area contributed by atoms with Gasteiger partial charge >= 0.3 is 0 Å². The Morgan fingerprint density at radius 2 is 2.12 bits per heavy atom. The summed E-state index contributed by atoms with van der Waals surface area (Å²) in [5.74, 6) is 0.334. The summed E-state index contributed by atoms with van der Waals surface area (Å²) in [6, 6.07) is 2.00. The third-order valence-electron chi connectivity index (χ3n) is 4.66. The van der Waals surface area contributed by atoms with E-state index in [-0.39, 0.29) is 17.5 Å². The number of allylic oxidation sites excluding steroid dienone is 3. The number of ketones is 2. The van der Waals surface area contributed by atoms with Gasteiger partial charge < -0.3 is 4.74 Å². The highest BCUT2D eigenvalue weighted by Crippen LogP contribution is 2.29. The number of ether oxygens (including phenoxy) is 1. The summed E-state index contributed by atoms with van der Waals surface area (Å²) in [4.78, 5) is 24.4. The van der Waals surface area contributed by atoms with Crippen molar-refractivity contribution in [3.63, 3.8) is 0 Å². The van der Waals surface area contributed by atoms with Crippen molar-refractivity contribution >= 4 is 11.6 Å². The summed E-state index contributed by atoms with van der Waals surface area (Å²) >= 11 is 0. The second kappa shape index (κ2) is 9.54. The van der Waals surface area contributed by atoms with Crippen molar-refractivity contribution < 1.29 is 14.3 Å². The topological polar surface area (TPSA) is 67.2 Å². The highest BCUT2D eigenvalue weighted by molar-refractivity contribution is 5.87. The number of carbonyl (C=O) groups excluding carboxylic acids is 2. The van der Waals surface area contributed by atoms with Gasteiger partial charge in [0.1, 0.15) is 11.4 Å². The van der Waals surface area contributed by atoms with Crippen molar-refractivity contribution in [3.8, 4) is 6.07 Å². The van der Waals surface area contributed by atoms with Gasteiger partial charge in [-0.25, -0.2) is 0 Å². The zero-order valence-electron chi connectivity index (χ0n) is 15.4. The first-order valence-corrected chi connectivity index (χ1v) is 8.69. The van der Waals surface area contributed by atoms with Crippen LogP contribution in [-0.2, 0) is 14.3 Å². The van der Waals surface area contributed by atoms with Crippen LogP contribution in [0.25, 0.3) is 0 Å². The van der Waals surface area contributed by atoms with Crippen molar-refractivity contribution in [1.29, 1.82) is 5.26 Å². The lowest BCUT2D eigenvalue weighted by molar-refractivity contribution is -0.140. The van der Waals surface area contributed by atoms with Crippen LogP contribution in [0.4, 0.5) is 0 Å². The van der Waals surface area contributed by atoms with Crippen LogP contribution in [0.1, 0.15) is 66.2 Å². The molecule has 132 valence electrons. The Morgan fingerprint density at radius 3 is 2.75 bits per heavy atom. The Morgan fingerprint density at radius 1 is 1.42 bits per heavy atom. The van der Waals surface area contributed by atoms with Crippen LogP contribution in [0, 0.1) is 17.2 Å². The van der Waals surface area contributed by atoms with E-state index in [0.717, 1.165) is 24.0 Å². The SMILES string of the molecule is CC(C)=CCC(=O)C(C)CCC[C@]1(C)OCC(=CC#N)CCC1=O. The Kier molecular flexibility index (Phi) is 8.07. The van der Waals surface area contributed by atoms with Gasteiger partial charge in [-0.1, -0.05) is 18.6 Å². The molecule has 0 aromatic heterocycles. The molecule has 1 aliphatic heterocycles. The normalized spacial score (nSPS) is 24.1. The van der Waals surface area contributed by atoms with Crippen LogP contribution in [0.3, 0.4) is 0 Å². The van der Waals surface area contributed by atoms with E-state index in [1.165, 1.54) is 6.08 Å². The van der Waals surface area contributed by atoms with Gasteiger partial charge in [-0.15, -0.1) is 0 Å². The molecule has 0 spiro atoms. The first-order valence-electron chi connectivity index (χ1n) is 8.69. The fourth-order valence-corrected chi connectivity index (χ4v) is 2.77. The fourth-order valence-electron chi connectivity index (χ4n) is 2.77. The van der Waals surface area contributed by atoms with Crippen molar-refractivity contribution in [2.45, 2.75) is 71.8 Å². The molecule has 0 amide bonds. The van der Waals surface area contributed by atoms with Crippen LogP contribution in [0.2, 0.25) is 0 Å². The van der Waals surface area contributed by atoms with Gasteiger partial charge in [0.2, 0.25) is 0 Å². The first kappa shape index (κ1) is 20.3. The Bertz CT molecular complexity index is 564. The van der Waals surface area contributed by atoms with Crippen molar-refractivity contribution in [3.05, 3.63) is 23.3 Å². The standard InChI is InChI=1S/C20H29NO3/c1-15(2)7-9-18(22)16(3)6-5-12-20(4)19(23)10-8-17(11-13-21)14-24-20/h7,11,16H,5-6,8-10,12,14H2,1-4H3/t16?,20-/m0/s1. The molecule has 0 N–H and O–H groups in total. The summed E-state index contributed by atoms with van der Waals surface area (Å²) in [7, 11) is 0. The Labute approximate surface area is 145 Å². The molecule has 4 heteroatoms. The van der Waals surface area contributed by atoms with Gasteiger partial charge in [0.15, 0.2) is 5.78 Å². The zero-order chi connectivity index (χ0) is 18.2. The van der Waals surface area contributed by atoms with Gasteiger partial charge in [0.05, 0.1) is 12.7 Å². The number of hydrogen-bond donors (Lipinski definition) is 0. The summed E-state index contributed by atoms with van der Waals surface area (Å²) in [5.41, 5.74) is 1.23. The molecule has 0 bridgehead atoms. The summed E-state index contributed by atoms with van der Waals surface area (Å²) in [6.45, 7) is 8.10. The highest BCUT2D eigenvalue weighted by Gasteiger charge is 2.35. The lowest BCUT2D eigenvalue weighted by Crippen LogP contribution is -2.37. The van der Waals surface area contributed by atoms with E-state index in [4.69, 9.17) is 10.00 Å². The van der Waals surface area contributed by atoms with Crippen molar-refractivity contribution in [2.24, 2.45) is 5.92 Å². The third-order valence-corrected chi connectivity index (χ3v) is 4.66. The quantitative estimate of drug-likeness (QED) is 0.515. The van der Waals surface area contributed by atoms with Gasteiger partial charge in [-0.2, -0.15) is 5.26 Å². The molecule has 0 aromatic rings. The molecule has 0 aliphatic carbocycles. The minimum Gasteiger partial charge on any atom is -0.363 e. The average molecular weight is 331 g/mol. The summed E-state index contributed by atoms with van der Waals surface area (Å²) in [5, 5.41) is 8.74. The van der Waals surface area contributed by atoms with Gasteiger partial charge in [0.25, 0.3) is 0 Å². The maximum absolute atomic E-state index is 12.4. The number of nitriles is 1. The zero-order valence-corrected chi connectivity index (χ0v) is 15.4. The molecule has 24 heavy (non-hydrogen) atoms. The maximum Gasteiger partial charge on any atom is 0.164 e. The molecular formula is C20H29NO3. The smallest absolute Gasteiger partial charge is 0.164 e. The molecule has 0 aromatic carbocycles. The number of Topliss-reactive ketones (excluding diaryl/α,β-unsaturated/α-hetero) is 2. The van der Waals surface area contributed by atoms with Gasteiger partial charge in [-0.3, -0.25) is 9.59 Å². The van der Waals surface area contributed by atoms with E-state index in [2.05, 4.69) is 0 Å². The molecule has 1 fully saturated rings. The van der Waals surface area contributed by atoms with E-state index in [1.54, 1.807) is 0 Å². The number of rotatable bonds is 7. The van der Waals surface area contributed by atoms with Crippen LogP contribution in [0.15, 0.2) is 23.3 Å². The van der Waals surface area contributed by atoms with E-state index in [0.29, 0.717) is 32.3 Å². The molecule has 0 radical (unpaired) electrons. The first-order chi connectivity index (χ1) is 11.3. The molecule has 2 atom stereocenters. The molecule has 1 unspecified atom stereocenters. The van der Waals surface area contributed by atoms with Crippen molar-refractivity contribution in [1.82, 2.24) is 0 Å². The molecule has 4 nitrogen and oxygen atoms in total. The molecular weight excluding hydrogens is 302 g/mol. The molecule has 1 heterocycles. The Hall–Kier alpha value is -1.73. The average Bonchev–Trinajstić information content (AvgIpc) is 2.66. The summed E-state index contributed by atoms with van der Waals surface area (Å²) < 4.78 is 5.83. The lowest BCUT2D eigenvalue weighted by atomic mass is 9.88. The van der Waals surface area contributed by atoms with E-state index in [1.807, 2.05) is 39.8 Å². The highest BCUT2D eigenvalue weighted by atomic mass is 16.5. The number of hydrogen-bond acceptors (Lipinski definition) is 4. The summed E-state index contributed by atoms with van der Waals surface area (Å²) in [6.07, 6.45) is 7.09.